The Morgan fingerprint density at radius 3 is 2.30 bits per heavy atom. The number of nitrogens with zero attached hydrogens (tertiary/aromatic N) is 3. The molecule has 3 aromatic carbocycles. The number of carboxylic acids is 1. The van der Waals surface area contributed by atoms with Crippen LogP contribution in [-0.2, 0) is 10.0 Å². The number of fused-ring (bicyclic) bond motifs is 1. The molecular formula is C26H22ClFN4O4S. The monoisotopic (exact) mass is 540 g/mol. The molecule has 4 aromatic rings. The lowest BCUT2D eigenvalue weighted by molar-refractivity contribution is 0.0699. The molecule has 2 N–H and O–H groups in total. The molecule has 1 aromatic heterocycles. The number of carbonyl (C=O) groups is 1. The molecule has 190 valence electrons. The highest BCUT2D eigenvalue weighted by atomic mass is 35.5. The van der Waals surface area contributed by atoms with Crippen molar-refractivity contribution >= 4 is 55.7 Å². The molecule has 0 saturated carbocycles. The van der Waals surface area contributed by atoms with Gasteiger partial charge in [-0.05, 0) is 60.7 Å². The van der Waals surface area contributed by atoms with Gasteiger partial charge in [-0.15, -0.1) is 0 Å². The molecule has 8 nitrogen and oxygen atoms in total. The van der Waals surface area contributed by atoms with E-state index in [4.69, 9.17) is 11.6 Å². The Balaban J connectivity index is 1.41. The maximum Gasteiger partial charge on any atom is 0.336 e. The number of anilines is 3. The predicted molar refractivity (Wildman–Crippen MR) is 142 cm³/mol. The normalized spacial score (nSPS) is 14.1. The lowest BCUT2D eigenvalue weighted by Gasteiger charge is -2.37. The first kappa shape index (κ1) is 24.8. The zero-order chi connectivity index (χ0) is 26.2. The molecule has 1 fully saturated rings. The van der Waals surface area contributed by atoms with Crippen LogP contribution in [0.2, 0.25) is 5.02 Å². The summed E-state index contributed by atoms with van der Waals surface area (Å²) in [6.45, 7) is 2.53. The summed E-state index contributed by atoms with van der Waals surface area (Å²) in [4.78, 5) is 20.8. The van der Waals surface area contributed by atoms with Gasteiger partial charge >= 0.3 is 5.97 Å². The van der Waals surface area contributed by atoms with Crippen LogP contribution in [0.4, 0.5) is 21.6 Å². The van der Waals surface area contributed by atoms with Crippen LogP contribution in [0.1, 0.15) is 10.4 Å². The Hall–Kier alpha value is -3.89. The van der Waals surface area contributed by atoms with Gasteiger partial charge in [0.05, 0.1) is 16.1 Å². The van der Waals surface area contributed by atoms with Crippen molar-refractivity contribution in [2.45, 2.75) is 4.90 Å². The van der Waals surface area contributed by atoms with Crippen LogP contribution >= 0.6 is 11.6 Å². The molecule has 0 atom stereocenters. The second-order valence-corrected chi connectivity index (χ2v) is 10.6. The van der Waals surface area contributed by atoms with Gasteiger partial charge in [0.25, 0.3) is 10.0 Å². The maximum absolute atomic E-state index is 13.2. The molecule has 0 radical (unpaired) electrons. The number of aromatic carboxylic acids is 1. The van der Waals surface area contributed by atoms with Crippen LogP contribution in [0.3, 0.4) is 0 Å². The molecule has 1 saturated heterocycles. The van der Waals surface area contributed by atoms with Crippen LogP contribution in [0.25, 0.3) is 10.9 Å². The Morgan fingerprint density at radius 1 is 0.946 bits per heavy atom. The number of hydrogen-bond donors (Lipinski definition) is 2. The number of rotatable bonds is 6. The van der Waals surface area contributed by atoms with Gasteiger partial charge in [0, 0.05) is 42.9 Å². The van der Waals surface area contributed by atoms with E-state index in [0.717, 1.165) is 5.69 Å². The van der Waals surface area contributed by atoms with E-state index in [9.17, 15) is 22.7 Å². The van der Waals surface area contributed by atoms with Crippen molar-refractivity contribution in [1.29, 1.82) is 0 Å². The summed E-state index contributed by atoms with van der Waals surface area (Å²) < 4.78 is 41.4. The molecule has 0 amide bonds. The fourth-order valence-corrected chi connectivity index (χ4v) is 5.90. The maximum atomic E-state index is 13.2. The molecular weight excluding hydrogens is 519 g/mol. The zero-order valence-corrected chi connectivity index (χ0v) is 21.0. The Bertz CT molecular complexity index is 1590. The lowest BCUT2D eigenvalue weighted by Crippen LogP contribution is -2.46. The van der Waals surface area contributed by atoms with Gasteiger partial charge in [-0.1, -0.05) is 23.7 Å². The van der Waals surface area contributed by atoms with E-state index in [1.165, 1.54) is 42.5 Å². The van der Waals surface area contributed by atoms with Gasteiger partial charge in [0.2, 0.25) is 0 Å². The summed E-state index contributed by atoms with van der Waals surface area (Å²) in [5.74, 6) is -0.915. The summed E-state index contributed by atoms with van der Waals surface area (Å²) in [6, 6.07) is 18.5. The highest BCUT2D eigenvalue weighted by Gasteiger charge is 2.22. The van der Waals surface area contributed by atoms with E-state index in [1.54, 1.807) is 30.3 Å². The van der Waals surface area contributed by atoms with E-state index in [2.05, 4.69) is 14.6 Å². The van der Waals surface area contributed by atoms with Crippen LogP contribution in [0.5, 0.6) is 0 Å². The van der Waals surface area contributed by atoms with Gasteiger partial charge in [0.1, 0.15) is 16.5 Å². The summed E-state index contributed by atoms with van der Waals surface area (Å²) in [5, 5.41) is 10.3. The van der Waals surface area contributed by atoms with Gasteiger partial charge in [-0.2, -0.15) is 0 Å². The number of nitrogens with one attached hydrogen (secondary N) is 1. The average Bonchev–Trinajstić information content (AvgIpc) is 2.88. The van der Waals surface area contributed by atoms with E-state index < -0.39 is 16.0 Å². The third-order valence-corrected chi connectivity index (χ3v) is 8.08. The Labute approximate surface area is 218 Å². The number of carboxylic acid groups (broad SMARTS) is 1. The standard InChI is InChI=1S/C26H22ClFN4O4S/c27-22-3-1-2-4-24(22)37(35,36)30-18-7-10-23-20(15-18)21(26(33)34)16-25(29-23)32-13-11-31(12-14-32)19-8-5-17(28)6-9-19/h1-10,15-16,30H,11-14H2,(H,33,34). The van der Waals surface area contributed by atoms with Crippen LogP contribution in [0.15, 0.2) is 77.7 Å². The molecule has 2 heterocycles. The summed E-state index contributed by atoms with van der Waals surface area (Å²) >= 11 is 6.05. The molecule has 37 heavy (non-hydrogen) atoms. The first-order valence-electron chi connectivity index (χ1n) is 11.4. The van der Waals surface area contributed by atoms with E-state index in [1.807, 2.05) is 4.90 Å². The number of hydrogen-bond acceptors (Lipinski definition) is 6. The van der Waals surface area contributed by atoms with Gasteiger partial charge in [-0.25, -0.2) is 22.6 Å². The van der Waals surface area contributed by atoms with Crippen LogP contribution < -0.4 is 14.5 Å². The second kappa shape index (κ2) is 9.87. The Morgan fingerprint density at radius 2 is 1.62 bits per heavy atom. The summed E-state index contributed by atoms with van der Waals surface area (Å²) in [6.07, 6.45) is 0. The molecule has 0 spiro atoms. The zero-order valence-electron chi connectivity index (χ0n) is 19.4. The molecule has 1 aliphatic heterocycles. The fraction of sp³-hybridized carbons (Fsp3) is 0.154. The number of sulfonamides is 1. The van der Waals surface area contributed by atoms with E-state index in [0.29, 0.717) is 42.9 Å². The number of piperazine rings is 1. The molecule has 0 aliphatic carbocycles. The number of halogens is 2. The molecule has 11 heteroatoms. The first-order chi connectivity index (χ1) is 17.7. The van der Waals surface area contributed by atoms with E-state index in [-0.39, 0.29) is 27.0 Å². The van der Waals surface area contributed by atoms with Crippen molar-refractivity contribution < 1.29 is 22.7 Å². The fourth-order valence-electron chi connectivity index (χ4n) is 4.33. The third kappa shape index (κ3) is 5.16. The van der Waals surface area contributed by atoms with Crippen molar-refractivity contribution in [1.82, 2.24) is 4.98 Å². The molecule has 5 rings (SSSR count). The molecule has 1 aliphatic rings. The summed E-state index contributed by atoms with van der Waals surface area (Å²) in [5.41, 5.74) is 1.55. The van der Waals surface area contributed by atoms with Crippen molar-refractivity contribution in [3.05, 3.63) is 89.2 Å². The predicted octanol–water partition coefficient (Wildman–Crippen LogP) is 4.85. The average molecular weight is 541 g/mol. The number of benzene rings is 3. The quantitative estimate of drug-likeness (QED) is 0.360. The smallest absolute Gasteiger partial charge is 0.336 e. The number of aromatic nitrogens is 1. The lowest BCUT2D eigenvalue weighted by atomic mass is 10.1. The van der Waals surface area contributed by atoms with E-state index >= 15 is 0 Å². The Kier molecular flexibility index (Phi) is 6.61. The van der Waals surface area contributed by atoms with Crippen molar-refractivity contribution in [2.24, 2.45) is 0 Å². The van der Waals surface area contributed by atoms with Crippen LogP contribution in [-0.4, -0.2) is 50.7 Å². The highest BCUT2D eigenvalue weighted by molar-refractivity contribution is 7.92. The van der Waals surface area contributed by atoms with Gasteiger partial charge < -0.3 is 14.9 Å². The van der Waals surface area contributed by atoms with Crippen LogP contribution in [0, 0.1) is 5.82 Å². The van der Waals surface area contributed by atoms with Crippen molar-refractivity contribution in [2.75, 3.05) is 40.7 Å². The van der Waals surface area contributed by atoms with Gasteiger partial charge in [-0.3, -0.25) is 4.72 Å². The number of pyridine rings is 1. The third-order valence-electron chi connectivity index (χ3n) is 6.20. The SMILES string of the molecule is O=C(O)c1cc(N2CCN(c3ccc(F)cc3)CC2)nc2ccc(NS(=O)(=O)c3ccccc3Cl)cc12. The minimum absolute atomic E-state index is 0.0137. The molecule has 0 unspecified atom stereocenters. The minimum atomic E-state index is -3.99. The second-order valence-electron chi connectivity index (χ2n) is 8.55. The largest absolute Gasteiger partial charge is 0.478 e. The molecule has 0 bridgehead atoms. The first-order valence-corrected chi connectivity index (χ1v) is 13.3. The minimum Gasteiger partial charge on any atom is -0.478 e. The topological polar surface area (TPSA) is 103 Å². The van der Waals surface area contributed by atoms with Crippen molar-refractivity contribution in [3.8, 4) is 0 Å². The van der Waals surface area contributed by atoms with Crippen molar-refractivity contribution in [3.63, 3.8) is 0 Å². The highest BCUT2D eigenvalue weighted by Crippen LogP contribution is 2.29. The van der Waals surface area contributed by atoms with Gasteiger partial charge in [0.15, 0.2) is 0 Å². The summed E-state index contributed by atoms with van der Waals surface area (Å²) in [7, 11) is -3.99.